The molecule has 1 saturated heterocycles. The normalized spacial score (nSPS) is 19.2. The summed E-state index contributed by atoms with van der Waals surface area (Å²) in [6.07, 6.45) is -0.544. The van der Waals surface area contributed by atoms with Crippen molar-refractivity contribution in [2.24, 2.45) is 11.8 Å². The van der Waals surface area contributed by atoms with Gasteiger partial charge in [-0.3, -0.25) is 4.79 Å². The molecule has 0 saturated carbocycles. The van der Waals surface area contributed by atoms with Crippen LogP contribution < -0.4 is 23.7 Å². The molecule has 2 aromatic rings. The van der Waals surface area contributed by atoms with Gasteiger partial charge in [-0.25, -0.2) is 0 Å². The molecular weight excluding hydrogens is 528 g/mol. The zero-order chi connectivity index (χ0) is 27.0. The molecule has 2 aliphatic heterocycles. The first-order chi connectivity index (χ1) is 17.6. The molecule has 0 spiro atoms. The summed E-state index contributed by atoms with van der Waals surface area (Å²) in [6.45, 7) is 13.8. The SMILES string of the molecule is COc1cc2c(c(OC)c1OC)-c1cc3c(cc1[C@@H](O)[C@@H]1COC(=O)[C@@H]1C2)OCO3.[C-]#[O+].[C-]#[O+].[C-]#[O+].[Cr]. The minimum absolute atomic E-state index is 0. The first-order valence-electron chi connectivity index (χ1n) is 10.3. The third-order valence-corrected chi connectivity index (χ3v) is 6.13. The fraction of sp³-hybridized carbons (Fsp3) is 0.360. The van der Waals surface area contributed by atoms with Gasteiger partial charge in [-0.1, -0.05) is 0 Å². The van der Waals surface area contributed by atoms with Gasteiger partial charge in [0.2, 0.25) is 12.5 Å². The Kier molecular flexibility index (Phi) is 12.3. The number of benzene rings is 2. The second kappa shape index (κ2) is 14.4. The van der Waals surface area contributed by atoms with Crippen molar-refractivity contribution in [1.29, 1.82) is 0 Å². The van der Waals surface area contributed by atoms with E-state index in [0.29, 0.717) is 40.7 Å². The number of hydrogen-bond donors (Lipinski definition) is 1. The van der Waals surface area contributed by atoms with E-state index < -0.39 is 12.0 Å². The minimum Gasteiger partial charge on any atom is 0 e. The predicted octanol–water partition coefficient (Wildman–Crippen LogP) is 2.37. The number of cyclic esters (lactones) is 1. The zero-order valence-corrected chi connectivity index (χ0v) is 21.3. The van der Waals surface area contributed by atoms with Crippen molar-refractivity contribution >= 4 is 5.97 Å². The van der Waals surface area contributed by atoms with Crippen LogP contribution in [0.5, 0.6) is 28.7 Å². The van der Waals surface area contributed by atoms with E-state index in [1.54, 1.807) is 20.3 Å². The topological polar surface area (TPSA) is 152 Å². The molecule has 11 nitrogen and oxygen atoms in total. The Hall–Kier alpha value is -3.38. The molecule has 5 rings (SSSR count). The number of carbonyl (C=O) groups excluding carboxylic acids is 1. The average molecular weight is 550 g/mol. The number of aliphatic hydroxyl groups is 1. The summed E-state index contributed by atoms with van der Waals surface area (Å²) >= 11 is 0. The van der Waals surface area contributed by atoms with Crippen molar-refractivity contribution in [1.82, 2.24) is 0 Å². The fourth-order valence-corrected chi connectivity index (χ4v) is 4.67. The van der Waals surface area contributed by atoms with Crippen LogP contribution in [0.15, 0.2) is 18.2 Å². The smallest absolute Gasteiger partial charge is 0 e. The van der Waals surface area contributed by atoms with Crippen molar-refractivity contribution < 1.29 is 69.6 Å². The Morgan fingerprint density at radius 1 is 0.892 bits per heavy atom. The summed E-state index contributed by atoms with van der Waals surface area (Å²) in [7, 11) is 4.64. The number of carbonyl (C=O) groups is 1. The molecule has 194 valence electrons. The molecule has 0 bridgehead atoms. The summed E-state index contributed by atoms with van der Waals surface area (Å²) in [5.41, 5.74) is 2.92. The first kappa shape index (κ1) is 31.7. The molecule has 0 aromatic heterocycles. The van der Waals surface area contributed by atoms with Crippen molar-refractivity contribution in [3.8, 4) is 39.9 Å². The zero-order valence-electron chi connectivity index (χ0n) is 20.0. The molecule has 2 heterocycles. The Bertz CT molecular complexity index is 1160. The van der Waals surface area contributed by atoms with Gasteiger partial charge in [-0.2, -0.15) is 0 Å². The van der Waals surface area contributed by atoms with E-state index >= 15 is 0 Å². The van der Waals surface area contributed by atoms with Crippen molar-refractivity contribution in [3.05, 3.63) is 49.3 Å². The number of ether oxygens (including phenoxy) is 6. The van der Waals surface area contributed by atoms with Crippen LogP contribution in [0.1, 0.15) is 17.2 Å². The second-order valence-corrected chi connectivity index (χ2v) is 7.52. The maximum atomic E-state index is 12.5. The molecule has 3 atom stereocenters. The number of methoxy groups -OCH3 is 3. The van der Waals surface area contributed by atoms with Gasteiger partial charge in [-0.15, -0.1) is 0 Å². The van der Waals surface area contributed by atoms with Gasteiger partial charge in [0.25, 0.3) is 0 Å². The van der Waals surface area contributed by atoms with E-state index in [1.807, 2.05) is 12.1 Å². The molecule has 0 amide bonds. The van der Waals surface area contributed by atoms with E-state index in [0.717, 1.165) is 16.7 Å². The van der Waals surface area contributed by atoms with Crippen LogP contribution >= 0.6 is 0 Å². The first-order valence-corrected chi connectivity index (χ1v) is 10.3. The number of aliphatic hydroxyl groups excluding tert-OH is 1. The maximum Gasteiger partial charge on any atom is 0 e. The van der Waals surface area contributed by atoms with Crippen molar-refractivity contribution in [2.75, 3.05) is 34.7 Å². The van der Waals surface area contributed by atoms with E-state index in [2.05, 4.69) is 20.0 Å². The maximum absolute atomic E-state index is 12.5. The molecule has 1 fully saturated rings. The van der Waals surface area contributed by atoms with Crippen molar-refractivity contribution in [3.63, 3.8) is 0 Å². The van der Waals surface area contributed by atoms with Gasteiger partial charge in [0.15, 0.2) is 23.0 Å². The van der Waals surface area contributed by atoms with Crippen LogP contribution in [-0.4, -0.2) is 45.8 Å². The van der Waals surface area contributed by atoms with Crippen LogP contribution in [-0.2, 0) is 47.3 Å². The molecule has 12 heteroatoms. The summed E-state index contributed by atoms with van der Waals surface area (Å²) in [6, 6.07) is 5.46. The third kappa shape index (κ3) is 5.64. The molecule has 2 aromatic carbocycles. The van der Waals surface area contributed by atoms with E-state index in [1.165, 1.54) is 7.11 Å². The molecule has 0 unspecified atom stereocenters. The average Bonchev–Trinajstić information content (AvgIpc) is 3.55. The number of hydrogen-bond acceptors (Lipinski definition) is 8. The summed E-state index contributed by atoms with van der Waals surface area (Å²) in [5.74, 6) is 1.36. The van der Waals surface area contributed by atoms with Gasteiger partial charge < -0.3 is 33.5 Å². The largest absolute Gasteiger partial charge is 0 e. The number of rotatable bonds is 3. The molecule has 1 N–H and O–H groups in total. The Labute approximate surface area is 223 Å². The van der Waals surface area contributed by atoms with Crippen molar-refractivity contribution in [2.45, 2.75) is 12.5 Å². The monoisotopic (exact) mass is 550 g/mol. The van der Waals surface area contributed by atoms with E-state index in [9.17, 15) is 9.90 Å². The van der Waals surface area contributed by atoms with Crippen LogP contribution in [0.25, 0.3) is 11.1 Å². The van der Waals surface area contributed by atoms with Crippen LogP contribution in [0.4, 0.5) is 0 Å². The Morgan fingerprint density at radius 2 is 1.49 bits per heavy atom. The van der Waals surface area contributed by atoms with E-state index in [4.69, 9.17) is 42.4 Å². The quantitative estimate of drug-likeness (QED) is 0.347. The summed E-state index contributed by atoms with van der Waals surface area (Å²) < 4.78 is 55.8. The molecule has 3 aliphatic rings. The van der Waals surface area contributed by atoms with Gasteiger partial charge in [0.1, 0.15) is 0 Å². The second-order valence-electron chi connectivity index (χ2n) is 7.52. The minimum atomic E-state index is -0.920. The molecule has 0 radical (unpaired) electrons. The Balaban J connectivity index is 0.000000914. The predicted molar refractivity (Wildman–Crippen MR) is 116 cm³/mol. The van der Waals surface area contributed by atoms with E-state index in [-0.39, 0.29) is 42.6 Å². The van der Waals surface area contributed by atoms with Gasteiger partial charge in [0.05, 0.1) is 40.0 Å². The molecule has 37 heavy (non-hydrogen) atoms. The van der Waals surface area contributed by atoms with Gasteiger partial charge in [-0.05, 0) is 41.3 Å². The number of esters is 1. The van der Waals surface area contributed by atoms with Crippen LogP contribution in [0.2, 0.25) is 0 Å². The van der Waals surface area contributed by atoms with Gasteiger partial charge >= 0.3 is 39.9 Å². The molecule has 1 aliphatic carbocycles. The van der Waals surface area contributed by atoms with Crippen LogP contribution in [0, 0.1) is 31.8 Å². The van der Waals surface area contributed by atoms with Gasteiger partial charge in [0, 0.05) is 28.8 Å². The fourth-order valence-electron chi connectivity index (χ4n) is 4.67. The summed E-state index contributed by atoms with van der Waals surface area (Å²) in [4.78, 5) is 12.5. The Morgan fingerprint density at radius 3 is 2.05 bits per heavy atom. The third-order valence-electron chi connectivity index (χ3n) is 6.13. The van der Waals surface area contributed by atoms with Crippen LogP contribution in [0.3, 0.4) is 0 Å². The summed E-state index contributed by atoms with van der Waals surface area (Å²) in [5, 5.41) is 11.3. The standard InChI is InChI=1S/C22H22O8.3CO.Cr/c1-25-17-5-10-4-13-14(8-28-22(13)24)19(23)12-7-16-15(29-9-30-16)6-11(12)18(10)21(27-3)20(17)26-2;3*1-2;/h5-7,13-14,19,23H,4,8-9H2,1-3H3;;;;/t13-,14-,19-;;;;/m1..../s1. The molecular formula is C25H22CrO11. The number of fused-ring (bicyclic) bond motifs is 5.